The number of oxime groups is 1. The first-order valence-electron chi connectivity index (χ1n) is 4.28. The van der Waals surface area contributed by atoms with Crippen molar-refractivity contribution in [2.45, 2.75) is 24.6 Å². The van der Waals surface area contributed by atoms with Crippen LogP contribution >= 0.6 is 11.6 Å². The monoisotopic (exact) mass is 185 g/mol. The van der Waals surface area contributed by atoms with E-state index in [-0.39, 0.29) is 4.87 Å². The van der Waals surface area contributed by atoms with Crippen molar-refractivity contribution in [2.24, 2.45) is 17.0 Å². The Balaban J connectivity index is 2.32. The van der Waals surface area contributed by atoms with Crippen molar-refractivity contribution in [2.75, 3.05) is 0 Å². The smallest absolute Gasteiger partial charge is 0.0934 e. The van der Waals surface area contributed by atoms with Crippen LogP contribution in [0, 0.1) is 11.8 Å². The van der Waals surface area contributed by atoms with E-state index in [0.717, 1.165) is 18.6 Å². The van der Waals surface area contributed by atoms with Crippen molar-refractivity contribution in [3.8, 4) is 0 Å². The summed E-state index contributed by atoms with van der Waals surface area (Å²) >= 11 is 6.33. The van der Waals surface area contributed by atoms with Gasteiger partial charge in [-0.1, -0.05) is 24.2 Å². The van der Waals surface area contributed by atoms with E-state index in [4.69, 9.17) is 16.8 Å². The lowest BCUT2D eigenvalue weighted by molar-refractivity contribution is 0.269. The van der Waals surface area contributed by atoms with Gasteiger partial charge in [-0.2, -0.15) is 0 Å². The van der Waals surface area contributed by atoms with Crippen molar-refractivity contribution in [1.29, 1.82) is 0 Å². The van der Waals surface area contributed by atoms with Gasteiger partial charge in [-0.15, -0.1) is 11.6 Å². The molecule has 3 atom stereocenters. The summed E-state index contributed by atoms with van der Waals surface area (Å²) in [6.45, 7) is 2.05. The molecule has 2 nitrogen and oxygen atoms in total. The SMILES string of the molecule is CC1/C(=N\O)C2(Cl)CCC=CC12. The average molecular weight is 186 g/mol. The molecule has 2 aliphatic carbocycles. The lowest BCUT2D eigenvalue weighted by atomic mass is 9.59. The van der Waals surface area contributed by atoms with Gasteiger partial charge in [0.25, 0.3) is 0 Å². The van der Waals surface area contributed by atoms with Crippen LogP contribution in [0.25, 0.3) is 0 Å². The van der Waals surface area contributed by atoms with Gasteiger partial charge in [0.1, 0.15) is 0 Å². The summed E-state index contributed by atoms with van der Waals surface area (Å²) in [5.74, 6) is 0.683. The summed E-state index contributed by atoms with van der Waals surface area (Å²) < 4.78 is 0. The molecule has 3 heteroatoms. The lowest BCUT2D eigenvalue weighted by Crippen LogP contribution is -2.58. The Hall–Kier alpha value is -0.500. The first-order chi connectivity index (χ1) is 5.70. The Kier molecular flexibility index (Phi) is 1.69. The zero-order valence-electron chi connectivity index (χ0n) is 7.00. The molecule has 0 amide bonds. The molecule has 2 aliphatic rings. The van der Waals surface area contributed by atoms with E-state index in [2.05, 4.69) is 24.2 Å². The fourth-order valence-electron chi connectivity index (χ4n) is 2.34. The van der Waals surface area contributed by atoms with E-state index < -0.39 is 0 Å². The maximum absolute atomic E-state index is 8.74. The molecule has 1 fully saturated rings. The normalized spacial score (nSPS) is 48.7. The molecule has 0 bridgehead atoms. The highest BCUT2D eigenvalue weighted by atomic mass is 35.5. The molecule has 0 saturated heterocycles. The van der Waals surface area contributed by atoms with Crippen molar-refractivity contribution in [3.05, 3.63) is 12.2 Å². The van der Waals surface area contributed by atoms with E-state index in [1.165, 1.54) is 0 Å². The summed E-state index contributed by atoms with van der Waals surface area (Å²) in [5.41, 5.74) is 0.763. The molecule has 3 unspecified atom stereocenters. The maximum Gasteiger partial charge on any atom is 0.0934 e. The number of rotatable bonds is 0. The third-order valence-corrected chi connectivity index (χ3v) is 3.68. The topological polar surface area (TPSA) is 32.6 Å². The second-order valence-electron chi connectivity index (χ2n) is 3.63. The minimum absolute atomic E-state index is 0.309. The van der Waals surface area contributed by atoms with Crippen LogP contribution in [0.5, 0.6) is 0 Å². The molecule has 0 aliphatic heterocycles. The van der Waals surface area contributed by atoms with E-state index in [0.29, 0.717) is 11.8 Å². The zero-order chi connectivity index (χ0) is 8.77. The fraction of sp³-hybridized carbons (Fsp3) is 0.667. The van der Waals surface area contributed by atoms with Crippen LogP contribution in [0.3, 0.4) is 0 Å². The Labute approximate surface area is 76.9 Å². The van der Waals surface area contributed by atoms with Gasteiger partial charge in [-0.05, 0) is 12.8 Å². The van der Waals surface area contributed by atoms with Gasteiger partial charge in [0, 0.05) is 11.8 Å². The Morgan fingerprint density at radius 1 is 1.75 bits per heavy atom. The summed E-state index contributed by atoms with van der Waals surface area (Å²) in [6.07, 6.45) is 6.21. The molecule has 0 aromatic heterocycles. The number of hydrogen-bond acceptors (Lipinski definition) is 2. The van der Waals surface area contributed by atoms with Gasteiger partial charge >= 0.3 is 0 Å². The first kappa shape index (κ1) is 8.11. The molecule has 2 rings (SSSR count). The summed E-state index contributed by atoms with van der Waals surface area (Å²) in [6, 6.07) is 0. The highest BCUT2D eigenvalue weighted by Gasteiger charge is 2.56. The Morgan fingerprint density at radius 2 is 2.50 bits per heavy atom. The number of nitrogens with zero attached hydrogens (tertiary/aromatic N) is 1. The third kappa shape index (κ3) is 0.789. The minimum atomic E-state index is -0.358. The highest BCUT2D eigenvalue weighted by Crippen LogP contribution is 2.51. The van der Waals surface area contributed by atoms with Crippen LogP contribution in [0.15, 0.2) is 17.3 Å². The van der Waals surface area contributed by atoms with Crippen LogP contribution in [0.2, 0.25) is 0 Å². The Bertz CT molecular complexity index is 261. The second-order valence-corrected chi connectivity index (χ2v) is 4.30. The van der Waals surface area contributed by atoms with E-state index in [9.17, 15) is 0 Å². The number of allylic oxidation sites excluding steroid dienone is 2. The van der Waals surface area contributed by atoms with Gasteiger partial charge in [0.15, 0.2) is 0 Å². The van der Waals surface area contributed by atoms with Crippen LogP contribution in [-0.2, 0) is 0 Å². The predicted octanol–water partition coefficient (Wildman–Crippen LogP) is 2.41. The molecule has 1 saturated carbocycles. The molecule has 0 aromatic carbocycles. The molecule has 12 heavy (non-hydrogen) atoms. The first-order valence-corrected chi connectivity index (χ1v) is 4.66. The van der Waals surface area contributed by atoms with Crippen molar-refractivity contribution in [1.82, 2.24) is 0 Å². The zero-order valence-corrected chi connectivity index (χ0v) is 7.75. The van der Waals surface area contributed by atoms with Crippen molar-refractivity contribution < 1.29 is 5.21 Å². The highest BCUT2D eigenvalue weighted by molar-refractivity contribution is 6.39. The van der Waals surface area contributed by atoms with Crippen molar-refractivity contribution in [3.63, 3.8) is 0 Å². The number of fused-ring (bicyclic) bond motifs is 1. The third-order valence-electron chi connectivity index (χ3n) is 3.05. The Morgan fingerprint density at radius 3 is 3.17 bits per heavy atom. The van der Waals surface area contributed by atoms with Gasteiger partial charge in [0.05, 0.1) is 10.6 Å². The molecular formula is C9H12ClNO. The van der Waals surface area contributed by atoms with Crippen LogP contribution in [0.4, 0.5) is 0 Å². The van der Waals surface area contributed by atoms with E-state index in [1.807, 2.05) is 0 Å². The summed E-state index contributed by atoms with van der Waals surface area (Å²) in [4.78, 5) is -0.358. The molecule has 0 spiro atoms. The molecule has 0 heterocycles. The molecule has 0 aromatic rings. The summed E-state index contributed by atoms with van der Waals surface area (Å²) in [7, 11) is 0. The quantitative estimate of drug-likeness (QED) is 0.267. The van der Waals surface area contributed by atoms with Gasteiger partial charge < -0.3 is 5.21 Å². The van der Waals surface area contributed by atoms with E-state index in [1.54, 1.807) is 0 Å². The molecule has 66 valence electrons. The number of alkyl halides is 1. The lowest BCUT2D eigenvalue weighted by Gasteiger charge is -2.50. The van der Waals surface area contributed by atoms with Gasteiger partial charge in [-0.25, -0.2) is 0 Å². The minimum Gasteiger partial charge on any atom is -0.411 e. The predicted molar refractivity (Wildman–Crippen MR) is 48.8 cm³/mol. The summed E-state index contributed by atoms with van der Waals surface area (Å²) in [5, 5.41) is 12.0. The molecule has 0 radical (unpaired) electrons. The fourth-order valence-corrected chi connectivity index (χ4v) is 2.92. The molecule has 1 N–H and O–H groups in total. The largest absolute Gasteiger partial charge is 0.411 e. The van der Waals surface area contributed by atoms with E-state index >= 15 is 0 Å². The number of halogens is 1. The van der Waals surface area contributed by atoms with Gasteiger partial charge in [-0.3, -0.25) is 0 Å². The van der Waals surface area contributed by atoms with Gasteiger partial charge in [0.2, 0.25) is 0 Å². The van der Waals surface area contributed by atoms with Crippen LogP contribution in [-0.4, -0.2) is 15.8 Å². The van der Waals surface area contributed by atoms with Crippen molar-refractivity contribution >= 4 is 17.3 Å². The van der Waals surface area contributed by atoms with Crippen LogP contribution < -0.4 is 0 Å². The number of hydrogen-bond donors (Lipinski definition) is 1. The maximum atomic E-state index is 8.74. The van der Waals surface area contributed by atoms with Crippen LogP contribution in [0.1, 0.15) is 19.8 Å². The second kappa shape index (κ2) is 2.49. The molecular weight excluding hydrogens is 174 g/mol. The standard InChI is InChI=1S/C9H12ClNO/c1-6-7-4-2-3-5-9(7,10)8(6)11-12/h2,4,6-7,12H,3,5H2,1H3/b11-8+. The average Bonchev–Trinajstić information content (AvgIpc) is 2.04.